The molecule has 0 radical (unpaired) electrons. The molecule has 0 unspecified atom stereocenters. The summed E-state index contributed by atoms with van der Waals surface area (Å²) in [6.45, 7) is 1.03. The average molecular weight is 438 g/mol. The van der Waals surface area contributed by atoms with Crippen molar-refractivity contribution in [3.05, 3.63) is 78.9 Å². The van der Waals surface area contributed by atoms with E-state index >= 15 is 0 Å². The van der Waals surface area contributed by atoms with Gasteiger partial charge < -0.3 is 10.6 Å². The van der Waals surface area contributed by atoms with Gasteiger partial charge in [-0.2, -0.15) is 4.31 Å². The smallest absolute Gasteiger partial charge is 0.243 e. The molecule has 0 aliphatic carbocycles. The molecule has 31 heavy (non-hydrogen) atoms. The summed E-state index contributed by atoms with van der Waals surface area (Å²) in [7, 11) is -2.51. The van der Waals surface area contributed by atoms with Gasteiger partial charge in [-0.25, -0.2) is 8.42 Å². The van der Waals surface area contributed by atoms with Crippen molar-refractivity contribution in [3.63, 3.8) is 0 Å². The third-order valence-corrected chi connectivity index (χ3v) is 6.34. The van der Waals surface area contributed by atoms with Crippen molar-refractivity contribution in [3.8, 4) is 11.1 Å². The first-order chi connectivity index (χ1) is 14.8. The fourth-order valence-corrected chi connectivity index (χ4v) is 4.08. The van der Waals surface area contributed by atoms with Crippen molar-refractivity contribution in [1.82, 2.24) is 4.31 Å². The molecule has 7 nitrogen and oxygen atoms in total. The molecular weight excluding hydrogens is 414 g/mol. The number of nitrogens with one attached hydrogen (secondary N) is 2. The van der Waals surface area contributed by atoms with Gasteiger partial charge in [0.05, 0.1) is 11.4 Å². The lowest BCUT2D eigenvalue weighted by Crippen LogP contribution is -2.34. The molecule has 2 amide bonds. The molecule has 0 saturated carbocycles. The number of sulfonamides is 1. The third kappa shape index (κ3) is 5.78. The Morgan fingerprint density at radius 3 is 1.87 bits per heavy atom. The molecule has 0 heterocycles. The third-order valence-electron chi connectivity index (χ3n) is 4.52. The van der Waals surface area contributed by atoms with Crippen molar-refractivity contribution in [2.75, 3.05) is 24.2 Å². The van der Waals surface area contributed by atoms with Gasteiger partial charge in [0, 0.05) is 25.3 Å². The number of benzene rings is 3. The summed E-state index contributed by atoms with van der Waals surface area (Å²) >= 11 is 0. The molecule has 3 rings (SSSR count). The molecule has 2 N–H and O–H groups in total. The van der Waals surface area contributed by atoms with Crippen LogP contribution in [0.1, 0.15) is 6.92 Å². The molecule has 0 saturated heterocycles. The topological polar surface area (TPSA) is 95.6 Å². The number of carbonyl (C=O) groups excluding carboxylic acids is 2. The minimum absolute atomic E-state index is 0.0316. The SMILES string of the molecule is CC(=O)Nc1ccc(S(=O)(=O)N(C)CC(=O)Nc2ccc(-c3ccccc3)cc2)cc1. The Balaban J connectivity index is 1.62. The number of hydrogen-bond donors (Lipinski definition) is 2. The summed E-state index contributed by atoms with van der Waals surface area (Å²) in [5, 5.41) is 5.29. The van der Waals surface area contributed by atoms with Crippen LogP contribution in [-0.4, -0.2) is 38.1 Å². The maximum absolute atomic E-state index is 12.7. The molecular formula is C23H23N3O4S. The van der Waals surface area contributed by atoms with E-state index in [1.165, 1.54) is 38.2 Å². The first-order valence-electron chi connectivity index (χ1n) is 9.55. The van der Waals surface area contributed by atoms with E-state index in [0.29, 0.717) is 11.4 Å². The average Bonchev–Trinajstić information content (AvgIpc) is 2.75. The number of amides is 2. The van der Waals surface area contributed by atoms with Crippen LogP contribution in [0.5, 0.6) is 0 Å². The van der Waals surface area contributed by atoms with E-state index in [4.69, 9.17) is 0 Å². The van der Waals surface area contributed by atoms with Crippen molar-refractivity contribution in [1.29, 1.82) is 0 Å². The zero-order valence-corrected chi connectivity index (χ0v) is 18.0. The second kappa shape index (κ2) is 9.55. The Labute approximate surface area is 181 Å². The predicted octanol–water partition coefficient (Wildman–Crippen LogP) is 3.57. The number of likely N-dealkylation sites (N-methyl/N-ethyl adjacent to an activating group) is 1. The van der Waals surface area contributed by atoms with Crippen LogP contribution in [0.25, 0.3) is 11.1 Å². The molecule has 160 valence electrons. The van der Waals surface area contributed by atoms with Gasteiger partial charge in [-0.1, -0.05) is 42.5 Å². The fourth-order valence-electron chi connectivity index (χ4n) is 2.96. The van der Waals surface area contributed by atoms with E-state index in [9.17, 15) is 18.0 Å². The summed E-state index contributed by atoms with van der Waals surface area (Å²) in [6, 6.07) is 22.9. The normalized spacial score (nSPS) is 11.2. The van der Waals surface area contributed by atoms with Gasteiger partial charge in [-0.15, -0.1) is 0 Å². The fraction of sp³-hybridized carbons (Fsp3) is 0.130. The van der Waals surface area contributed by atoms with Crippen LogP contribution in [0.15, 0.2) is 83.8 Å². The van der Waals surface area contributed by atoms with Crippen LogP contribution < -0.4 is 10.6 Å². The highest BCUT2D eigenvalue weighted by molar-refractivity contribution is 7.89. The molecule has 0 atom stereocenters. The van der Waals surface area contributed by atoms with Crippen LogP contribution in [0.3, 0.4) is 0 Å². The van der Waals surface area contributed by atoms with Crippen molar-refractivity contribution in [2.24, 2.45) is 0 Å². The van der Waals surface area contributed by atoms with Gasteiger partial charge in [-0.05, 0) is 47.5 Å². The lowest BCUT2D eigenvalue weighted by molar-refractivity contribution is -0.116. The molecule has 0 spiro atoms. The molecule has 0 fully saturated rings. The highest BCUT2D eigenvalue weighted by atomic mass is 32.2. The number of anilines is 2. The minimum Gasteiger partial charge on any atom is -0.326 e. The first kappa shape index (κ1) is 22.2. The van der Waals surface area contributed by atoms with Gasteiger partial charge in [-0.3, -0.25) is 9.59 Å². The Morgan fingerprint density at radius 2 is 1.29 bits per heavy atom. The number of hydrogen-bond acceptors (Lipinski definition) is 4. The molecule has 3 aromatic carbocycles. The molecule has 3 aromatic rings. The summed E-state index contributed by atoms with van der Waals surface area (Å²) in [5.41, 5.74) is 3.15. The minimum atomic E-state index is -3.85. The second-order valence-corrected chi connectivity index (χ2v) is 9.00. The highest BCUT2D eigenvalue weighted by Gasteiger charge is 2.23. The Morgan fingerprint density at radius 1 is 0.774 bits per heavy atom. The van der Waals surface area contributed by atoms with Crippen LogP contribution in [0.2, 0.25) is 0 Å². The summed E-state index contributed by atoms with van der Waals surface area (Å²) in [5.74, 6) is -0.699. The van der Waals surface area contributed by atoms with E-state index in [2.05, 4.69) is 10.6 Å². The number of rotatable bonds is 7. The standard InChI is InChI=1S/C23H23N3O4S/c1-17(27)24-20-12-14-22(15-13-20)31(29,30)26(2)16-23(28)25-21-10-8-19(9-11-21)18-6-4-3-5-7-18/h3-15H,16H2,1-2H3,(H,24,27)(H,25,28). The second-order valence-electron chi connectivity index (χ2n) is 6.96. The summed E-state index contributed by atoms with van der Waals surface area (Å²) in [4.78, 5) is 23.5. The maximum atomic E-state index is 12.7. The molecule has 0 aromatic heterocycles. The predicted molar refractivity (Wildman–Crippen MR) is 121 cm³/mol. The molecule has 0 aliphatic heterocycles. The first-order valence-corrected chi connectivity index (χ1v) is 11.0. The lowest BCUT2D eigenvalue weighted by Gasteiger charge is -2.17. The van der Waals surface area contributed by atoms with Gasteiger partial charge >= 0.3 is 0 Å². The Kier molecular flexibility index (Phi) is 6.84. The van der Waals surface area contributed by atoms with Crippen LogP contribution in [0.4, 0.5) is 11.4 Å². The van der Waals surface area contributed by atoms with E-state index in [1.807, 2.05) is 42.5 Å². The largest absolute Gasteiger partial charge is 0.326 e. The van der Waals surface area contributed by atoms with Gasteiger partial charge in [0.1, 0.15) is 0 Å². The number of carbonyl (C=O) groups is 2. The number of nitrogens with zero attached hydrogens (tertiary/aromatic N) is 1. The van der Waals surface area contributed by atoms with E-state index in [0.717, 1.165) is 15.4 Å². The highest BCUT2D eigenvalue weighted by Crippen LogP contribution is 2.21. The van der Waals surface area contributed by atoms with Crippen LogP contribution >= 0.6 is 0 Å². The Hall–Kier alpha value is -3.49. The molecule has 0 aliphatic rings. The molecule has 8 heteroatoms. The van der Waals surface area contributed by atoms with Gasteiger partial charge in [0.25, 0.3) is 0 Å². The zero-order chi connectivity index (χ0) is 22.4. The molecule has 0 bridgehead atoms. The summed E-state index contributed by atoms with van der Waals surface area (Å²) < 4.78 is 26.4. The maximum Gasteiger partial charge on any atom is 0.243 e. The van der Waals surface area contributed by atoms with Gasteiger partial charge in [0.2, 0.25) is 21.8 Å². The van der Waals surface area contributed by atoms with Crippen molar-refractivity contribution in [2.45, 2.75) is 11.8 Å². The summed E-state index contributed by atoms with van der Waals surface area (Å²) in [6.07, 6.45) is 0. The van der Waals surface area contributed by atoms with Gasteiger partial charge in [0.15, 0.2) is 0 Å². The zero-order valence-electron chi connectivity index (χ0n) is 17.2. The van der Waals surface area contributed by atoms with E-state index in [-0.39, 0.29) is 17.3 Å². The van der Waals surface area contributed by atoms with Crippen LogP contribution in [-0.2, 0) is 19.6 Å². The quantitative estimate of drug-likeness (QED) is 0.591. The van der Waals surface area contributed by atoms with Crippen molar-refractivity contribution < 1.29 is 18.0 Å². The monoisotopic (exact) mass is 437 g/mol. The Bertz CT molecular complexity index is 1160. The lowest BCUT2D eigenvalue weighted by atomic mass is 10.1. The van der Waals surface area contributed by atoms with Crippen LogP contribution in [0, 0.1) is 0 Å². The van der Waals surface area contributed by atoms with E-state index in [1.54, 1.807) is 12.1 Å². The van der Waals surface area contributed by atoms with E-state index < -0.39 is 15.9 Å². The van der Waals surface area contributed by atoms with Crippen molar-refractivity contribution >= 4 is 33.2 Å².